The van der Waals surface area contributed by atoms with Crippen LogP contribution in [0.1, 0.15) is 24.8 Å². The van der Waals surface area contributed by atoms with Crippen LogP contribution in [-0.2, 0) is 30.3 Å². The Morgan fingerprint density at radius 3 is 2.60 bits per heavy atom. The maximum absolute atomic E-state index is 14.3. The van der Waals surface area contributed by atoms with Gasteiger partial charge in [0.15, 0.2) is 0 Å². The van der Waals surface area contributed by atoms with Crippen molar-refractivity contribution in [1.29, 1.82) is 0 Å². The first kappa shape index (κ1) is 32.5. The number of urea groups is 1. The van der Waals surface area contributed by atoms with Gasteiger partial charge >= 0.3 is 11.7 Å². The molecule has 5 rings (SSSR count). The largest absolute Gasteiger partial charge is 0.497 e. The number of anilines is 1. The molecule has 0 bridgehead atoms. The number of fused-ring (bicyclic) bond motifs is 1. The van der Waals surface area contributed by atoms with Gasteiger partial charge < -0.3 is 19.9 Å². The minimum absolute atomic E-state index is 0.0423. The number of hydrogen-bond donors (Lipinski definition) is 1. The number of likely N-dealkylation sites (tertiary alicyclic amines) is 1. The number of nitrogens with one attached hydrogen (secondary N) is 1. The molecule has 240 valence electrons. The van der Waals surface area contributed by atoms with E-state index in [1.165, 1.54) is 29.0 Å². The smallest absolute Gasteiger partial charge is 0.331 e. The molecule has 45 heavy (non-hydrogen) atoms. The fourth-order valence-corrected chi connectivity index (χ4v) is 6.74. The van der Waals surface area contributed by atoms with Gasteiger partial charge in [0.25, 0.3) is 5.56 Å². The molecule has 3 aromatic rings. The monoisotopic (exact) mass is 657 g/mol. The van der Waals surface area contributed by atoms with Gasteiger partial charge in [-0.15, -0.1) is 0 Å². The van der Waals surface area contributed by atoms with Gasteiger partial charge in [-0.05, 0) is 55.5 Å². The number of aromatic nitrogens is 2. The first-order chi connectivity index (χ1) is 21.6. The van der Waals surface area contributed by atoms with E-state index in [9.17, 15) is 23.0 Å². The van der Waals surface area contributed by atoms with E-state index in [1.54, 1.807) is 13.4 Å². The number of ether oxygens (including phenoxy) is 1. The summed E-state index contributed by atoms with van der Waals surface area (Å²) < 4.78 is 33.8. The Labute approximate surface area is 268 Å². The van der Waals surface area contributed by atoms with Crippen molar-refractivity contribution >= 4 is 34.1 Å². The molecular weight excluding hydrogens is 621 g/mol. The van der Waals surface area contributed by atoms with Crippen LogP contribution < -0.4 is 21.3 Å². The second-order valence-corrected chi connectivity index (χ2v) is 13.3. The number of hydrogen-bond acceptors (Lipinski definition) is 6. The molecule has 2 aliphatic heterocycles. The number of nitrogens with zero attached hydrogens (tertiary/aromatic N) is 4. The van der Waals surface area contributed by atoms with Crippen molar-refractivity contribution in [2.75, 3.05) is 44.1 Å². The first-order valence-corrected chi connectivity index (χ1v) is 16.9. The summed E-state index contributed by atoms with van der Waals surface area (Å²) in [5, 5.41) is 2.83. The van der Waals surface area contributed by atoms with Crippen molar-refractivity contribution in [3.05, 3.63) is 92.1 Å². The molecule has 2 aliphatic rings. The van der Waals surface area contributed by atoms with Crippen LogP contribution in [-0.4, -0.2) is 74.0 Å². The quantitative estimate of drug-likeness (QED) is 0.348. The number of rotatable bonds is 10. The molecule has 0 spiro atoms. The van der Waals surface area contributed by atoms with Crippen LogP contribution in [0, 0.1) is 5.82 Å². The SMILES string of the molecule is C=C(Cn1cc(-c2cccc(F)c2Cl)c(=O)n(CCCS(C)=O)c1=O)N1CCC(N2CCc3cc(OC)ccc3NC2=O)CC1. The van der Waals surface area contributed by atoms with Crippen LogP contribution in [0.15, 0.2) is 64.5 Å². The molecule has 1 fully saturated rings. The number of amides is 2. The summed E-state index contributed by atoms with van der Waals surface area (Å²) in [4.78, 5) is 44.0. The molecule has 2 amide bonds. The average molecular weight is 658 g/mol. The summed E-state index contributed by atoms with van der Waals surface area (Å²) in [6, 6.07) is 9.77. The van der Waals surface area contributed by atoms with Crippen LogP contribution in [0.4, 0.5) is 14.9 Å². The van der Waals surface area contributed by atoms with E-state index in [4.69, 9.17) is 16.3 Å². The van der Waals surface area contributed by atoms with Crippen LogP contribution in [0.25, 0.3) is 11.1 Å². The van der Waals surface area contributed by atoms with Gasteiger partial charge in [-0.2, -0.15) is 0 Å². The van der Waals surface area contributed by atoms with Crippen molar-refractivity contribution in [3.63, 3.8) is 0 Å². The number of carbonyl (C=O) groups excluding carboxylic acids is 1. The topological polar surface area (TPSA) is 106 Å². The van der Waals surface area contributed by atoms with Crippen LogP contribution in [0.2, 0.25) is 5.02 Å². The van der Waals surface area contributed by atoms with Gasteiger partial charge in [0, 0.05) is 78.2 Å². The Kier molecular flexibility index (Phi) is 10.1. The highest BCUT2D eigenvalue weighted by molar-refractivity contribution is 7.84. The molecule has 2 aromatic carbocycles. The predicted octanol–water partition coefficient (Wildman–Crippen LogP) is 4.32. The van der Waals surface area contributed by atoms with Gasteiger partial charge in [-0.1, -0.05) is 30.3 Å². The Bertz CT molecular complexity index is 1750. The fourth-order valence-electron chi connectivity index (χ4n) is 5.98. The molecule has 0 saturated carbocycles. The molecule has 1 unspecified atom stereocenters. The fraction of sp³-hybridized carbons (Fsp3) is 0.406. The van der Waals surface area contributed by atoms with Gasteiger partial charge in [0.2, 0.25) is 0 Å². The highest BCUT2D eigenvalue weighted by Crippen LogP contribution is 2.29. The predicted molar refractivity (Wildman–Crippen MR) is 175 cm³/mol. The van der Waals surface area contributed by atoms with Crippen molar-refractivity contribution in [3.8, 4) is 16.9 Å². The summed E-state index contributed by atoms with van der Waals surface area (Å²) in [5.74, 6) is 0.405. The second-order valence-electron chi connectivity index (χ2n) is 11.3. The second kappa shape index (κ2) is 14.0. The van der Waals surface area contributed by atoms with E-state index < -0.39 is 27.9 Å². The summed E-state index contributed by atoms with van der Waals surface area (Å²) in [6.45, 7) is 6.26. The highest BCUT2D eigenvalue weighted by atomic mass is 35.5. The van der Waals surface area contributed by atoms with Crippen LogP contribution >= 0.6 is 11.6 Å². The Hall–Kier alpha value is -3.90. The van der Waals surface area contributed by atoms with Crippen molar-refractivity contribution in [1.82, 2.24) is 18.9 Å². The Morgan fingerprint density at radius 2 is 1.89 bits per heavy atom. The number of allylic oxidation sites excluding steroid dienone is 1. The molecule has 1 aromatic heterocycles. The lowest BCUT2D eigenvalue weighted by Gasteiger charge is -2.39. The number of benzene rings is 2. The maximum atomic E-state index is 14.3. The van der Waals surface area contributed by atoms with E-state index in [-0.39, 0.29) is 41.3 Å². The lowest BCUT2D eigenvalue weighted by atomic mass is 10.0. The number of methoxy groups -OCH3 is 1. The van der Waals surface area contributed by atoms with Crippen LogP contribution in [0.3, 0.4) is 0 Å². The molecule has 0 radical (unpaired) electrons. The van der Waals surface area contributed by atoms with Crippen LogP contribution in [0.5, 0.6) is 5.75 Å². The third-order valence-corrected chi connectivity index (χ3v) is 9.68. The Balaban J connectivity index is 1.31. The molecular formula is C32H37ClFN5O5S. The van der Waals surface area contributed by atoms with Crippen molar-refractivity contribution in [2.45, 2.75) is 44.8 Å². The number of piperidine rings is 1. The lowest BCUT2D eigenvalue weighted by Crippen LogP contribution is -2.49. The number of halogens is 2. The standard InChI is InChI=1S/C32H37ClFN5O5S/c1-21(36-14-11-23(12-15-36)38-16-10-22-18-24(44-2)8-9-28(22)35-31(38)41)19-37-20-26(25-6-4-7-27(34)29(25)33)30(40)39(32(37)42)13-5-17-45(3)43/h4,6-9,18,20,23H,1,5,10-17,19H2,2-3H3,(H,35,41). The van der Waals surface area contributed by atoms with Gasteiger partial charge in [-0.25, -0.2) is 14.0 Å². The average Bonchev–Trinajstić information content (AvgIpc) is 3.19. The molecule has 1 N–H and O–H groups in total. The molecule has 1 atom stereocenters. The zero-order chi connectivity index (χ0) is 32.2. The van der Waals surface area contributed by atoms with E-state index in [0.717, 1.165) is 34.4 Å². The van der Waals surface area contributed by atoms with Gasteiger partial charge in [0.05, 0.1) is 24.2 Å². The molecule has 0 aliphatic carbocycles. The van der Waals surface area contributed by atoms with Gasteiger partial charge in [-0.3, -0.25) is 18.1 Å². The summed E-state index contributed by atoms with van der Waals surface area (Å²) in [5.41, 5.74) is 1.65. The maximum Gasteiger partial charge on any atom is 0.331 e. The van der Waals surface area contributed by atoms with E-state index in [2.05, 4.69) is 16.8 Å². The lowest BCUT2D eigenvalue weighted by molar-refractivity contribution is 0.142. The zero-order valence-corrected chi connectivity index (χ0v) is 27.0. The summed E-state index contributed by atoms with van der Waals surface area (Å²) >= 11 is 6.24. The number of carbonyl (C=O) groups is 1. The van der Waals surface area contributed by atoms with E-state index >= 15 is 0 Å². The molecule has 10 nitrogen and oxygen atoms in total. The first-order valence-electron chi connectivity index (χ1n) is 14.8. The van der Waals surface area contributed by atoms with Crippen molar-refractivity contribution < 1.29 is 18.1 Å². The van der Waals surface area contributed by atoms with Crippen molar-refractivity contribution in [2.24, 2.45) is 0 Å². The third kappa shape index (κ3) is 7.17. The van der Waals surface area contributed by atoms with E-state index in [1.807, 2.05) is 23.1 Å². The minimum atomic E-state index is -1.09. The summed E-state index contributed by atoms with van der Waals surface area (Å²) in [6.07, 6.45) is 5.48. The normalized spacial score (nSPS) is 16.1. The third-order valence-electron chi connectivity index (χ3n) is 8.43. The molecule has 1 saturated heterocycles. The van der Waals surface area contributed by atoms with Gasteiger partial charge in [0.1, 0.15) is 11.6 Å². The summed E-state index contributed by atoms with van der Waals surface area (Å²) in [7, 11) is 0.532. The molecule has 3 heterocycles. The highest BCUT2D eigenvalue weighted by Gasteiger charge is 2.31. The zero-order valence-electron chi connectivity index (χ0n) is 25.4. The minimum Gasteiger partial charge on any atom is -0.497 e. The van der Waals surface area contributed by atoms with E-state index in [0.29, 0.717) is 43.9 Å². The Morgan fingerprint density at radius 1 is 1.13 bits per heavy atom. The molecule has 13 heteroatoms.